The summed E-state index contributed by atoms with van der Waals surface area (Å²) >= 11 is 0. The van der Waals surface area contributed by atoms with Gasteiger partial charge < -0.3 is 4.90 Å². The van der Waals surface area contributed by atoms with Gasteiger partial charge in [-0.1, -0.05) is 43.7 Å². The molecule has 1 aliphatic heterocycles. The average molecular weight is 387 g/mol. The normalized spacial score (nSPS) is 15.3. The Morgan fingerprint density at radius 1 is 1.19 bits per heavy atom. The van der Waals surface area contributed by atoms with Crippen molar-refractivity contribution in [3.8, 4) is 0 Å². The number of hydrogen-bond acceptors (Lipinski definition) is 3. The quantitative estimate of drug-likeness (QED) is 0.821. The molecule has 1 N–H and O–H groups in total. The van der Waals surface area contributed by atoms with E-state index in [1.54, 1.807) is 23.1 Å². The van der Waals surface area contributed by atoms with Gasteiger partial charge in [-0.3, -0.25) is 4.79 Å². The van der Waals surface area contributed by atoms with Gasteiger partial charge in [-0.2, -0.15) is 0 Å². The van der Waals surface area contributed by atoms with E-state index >= 15 is 0 Å². The Hall–Kier alpha value is -2.18. The smallest absolute Gasteiger partial charge is 0.241 e. The minimum absolute atomic E-state index is 0.0169. The molecule has 0 saturated carbocycles. The van der Waals surface area contributed by atoms with Gasteiger partial charge in [0.2, 0.25) is 15.9 Å². The molecular weight excluding hydrogens is 360 g/mol. The van der Waals surface area contributed by atoms with Crippen molar-refractivity contribution in [1.29, 1.82) is 0 Å². The third-order valence-corrected chi connectivity index (χ3v) is 6.41. The Bertz CT molecular complexity index is 910. The number of fused-ring (bicyclic) bond motifs is 1. The minimum atomic E-state index is -3.65. The fourth-order valence-electron chi connectivity index (χ4n) is 3.59. The maximum absolute atomic E-state index is 13.0. The van der Waals surface area contributed by atoms with Crippen LogP contribution in [0.1, 0.15) is 50.3 Å². The lowest BCUT2D eigenvalue weighted by Crippen LogP contribution is -2.34. The van der Waals surface area contributed by atoms with Crippen LogP contribution in [0.2, 0.25) is 0 Å². The number of benzene rings is 2. The fraction of sp³-hybridized carbons (Fsp3) is 0.381. The Kier molecular flexibility index (Phi) is 5.97. The molecule has 3 rings (SSSR count). The largest absolute Gasteiger partial charge is 0.312 e. The number of carbonyl (C=O) groups is 1. The molecule has 1 amide bonds. The summed E-state index contributed by atoms with van der Waals surface area (Å²) in [5, 5.41) is 0. The molecular formula is C21H26N2O3S. The molecule has 144 valence electrons. The van der Waals surface area contributed by atoms with Crippen LogP contribution < -0.4 is 9.62 Å². The van der Waals surface area contributed by atoms with Crippen LogP contribution in [0, 0.1) is 0 Å². The molecule has 5 nitrogen and oxygen atoms in total. The highest BCUT2D eigenvalue weighted by Crippen LogP contribution is 2.30. The molecule has 0 fully saturated rings. The number of aryl methyl sites for hydroxylation is 1. The van der Waals surface area contributed by atoms with Gasteiger partial charge in [0, 0.05) is 25.2 Å². The van der Waals surface area contributed by atoms with Crippen molar-refractivity contribution < 1.29 is 13.2 Å². The fourth-order valence-corrected chi connectivity index (χ4v) is 4.90. The van der Waals surface area contributed by atoms with Gasteiger partial charge in [0.15, 0.2) is 0 Å². The summed E-state index contributed by atoms with van der Waals surface area (Å²) in [5.41, 5.74) is 2.69. The van der Waals surface area contributed by atoms with E-state index in [4.69, 9.17) is 0 Å². The molecule has 1 unspecified atom stereocenters. The van der Waals surface area contributed by atoms with E-state index in [2.05, 4.69) is 4.72 Å². The zero-order valence-corrected chi connectivity index (χ0v) is 16.6. The van der Waals surface area contributed by atoms with Gasteiger partial charge in [0.1, 0.15) is 0 Å². The number of nitrogens with one attached hydrogen (secondary N) is 1. The second-order valence-corrected chi connectivity index (χ2v) is 8.65. The second kappa shape index (κ2) is 8.23. The zero-order valence-electron chi connectivity index (χ0n) is 15.8. The Balaban J connectivity index is 1.89. The van der Waals surface area contributed by atoms with Crippen molar-refractivity contribution in [1.82, 2.24) is 4.72 Å². The molecule has 0 spiro atoms. The number of amides is 1. The van der Waals surface area contributed by atoms with Gasteiger partial charge >= 0.3 is 0 Å². The standard InChI is InChI=1S/C21H26N2O3S/c1-3-8-20(17-9-5-4-6-10-17)22-27(25,26)19-12-13-21-18(15-19)11-7-14-23(21)16(2)24/h4-6,9-10,12-13,15,20,22H,3,7-8,11,14H2,1-2H3. The lowest BCUT2D eigenvalue weighted by atomic mass is 10.0. The Labute approximate surface area is 161 Å². The van der Waals surface area contributed by atoms with Crippen molar-refractivity contribution in [3.63, 3.8) is 0 Å². The number of carbonyl (C=O) groups excluding carboxylic acids is 1. The summed E-state index contributed by atoms with van der Waals surface area (Å²) in [5.74, 6) is -0.0169. The summed E-state index contributed by atoms with van der Waals surface area (Å²) in [7, 11) is -3.65. The first-order valence-corrected chi connectivity index (χ1v) is 10.9. The predicted molar refractivity (Wildman–Crippen MR) is 107 cm³/mol. The number of nitrogens with zero attached hydrogens (tertiary/aromatic N) is 1. The number of anilines is 1. The zero-order chi connectivity index (χ0) is 19.4. The third kappa shape index (κ3) is 4.39. The van der Waals surface area contributed by atoms with Gasteiger partial charge in [0.25, 0.3) is 0 Å². The topological polar surface area (TPSA) is 66.5 Å². The monoisotopic (exact) mass is 386 g/mol. The van der Waals surface area contributed by atoms with E-state index in [1.807, 2.05) is 37.3 Å². The van der Waals surface area contributed by atoms with E-state index in [-0.39, 0.29) is 16.8 Å². The van der Waals surface area contributed by atoms with Crippen molar-refractivity contribution in [2.24, 2.45) is 0 Å². The van der Waals surface area contributed by atoms with E-state index in [9.17, 15) is 13.2 Å². The summed E-state index contributed by atoms with van der Waals surface area (Å²) in [6, 6.07) is 14.4. The maximum Gasteiger partial charge on any atom is 0.241 e. The van der Waals surface area contributed by atoms with E-state index in [0.29, 0.717) is 6.54 Å². The molecule has 2 aromatic carbocycles. The summed E-state index contributed by atoms with van der Waals surface area (Å²) in [6.45, 7) is 4.26. The summed E-state index contributed by atoms with van der Waals surface area (Å²) < 4.78 is 28.9. The first-order chi connectivity index (χ1) is 12.9. The minimum Gasteiger partial charge on any atom is -0.312 e. The van der Waals surface area contributed by atoms with Crippen LogP contribution in [-0.4, -0.2) is 20.9 Å². The van der Waals surface area contributed by atoms with Crippen LogP contribution in [0.25, 0.3) is 0 Å². The molecule has 27 heavy (non-hydrogen) atoms. The lowest BCUT2D eigenvalue weighted by molar-refractivity contribution is -0.116. The third-order valence-electron chi connectivity index (χ3n) is 4.94. The van der Waals surface area contributed by atoms with Crippen molar-refractivity contribution in [2.45, 2.75) is 50.5 Å². The van der Waals surface area contributed by atoms with E-state index in [1.165, 1.54) is 6.92 Å². The van der Waals surface area contributed by atoms with Gasteiger partial charge in [-0.25, -0.2) is 13.1 Å². The van der Waals surface area contributed by atoms with Crippen LogP contribution in [0.5, 0.6) is 0 Å². The van der Waals surface area contributed by atoms with Crippen LogP contribution in [0.15, 0.2) is 53.4 Å². The van der Waals surface area contributed by atoms with Crippen molar-refractivity contribution in [2.75, 3.05) is 11.4 Å². The van der Waals surface area contributed by atoms with Crippen LogP contribution in [0.4, 0.5) is 5.69 Å². The Morgan fingerprint density at radius 3 is 2.59 bits per heavy atom. The Morgan fingerprint density at radius 2 is 1.93 bits per heavy atom. The summed E-state index contributed by atoms with van der Waals surface area (Å²) in [4.78, 5) is 13.8. The highest BCUT2D eigenvalue weighted by molar-refractivity contribution is 7.89. The molecule has 6 heteroatoms. The molecule has 0 aromatic heterocycles. The summed E-state index contributed by atoms with van der Waals surface area (Å²) in [6.07, 6.45) is 3.22. The molecule has 2 aromatic rings. The molecule has 1 aliphatic rings. The highest BCUT2D eigenvalue weighted by atomic mass is 32.2. The SMILES string of the molecule is CCCC(NS(=O)(=O)c1ccc2c(c1)CCCN2C(C)=O)c1ccccc1. The van der Waals surface area contributed by atoms with Gasteiger partial charge in [0.05, 0.1) is 4.90 Å². The van der Waals surface area contributed by atoms with Crippen molar-refractivity contribution >= 4 is 21.6 Å². The molecule has 0 saturated heterocycles. The highest BCUT2D eigenvalue weighted by Gasteiger charge is 2.25. The van der Waals surface area contributed by atoms with Gasteiger partial charge in [-0.05, 0) is 48.6 Å². The van der Waals surface area contributed by atoms with Crippen LogP contribution in [0.3, 0.4) is 0 Å². The van der Waals surface area contributed by atoms with Crippen LogP contribution >= 0.6 is 0 Å². The maximum atomic E-state index is 13.0. The molecule has 0 bridgehead atoms. The van der Waals surface area contributed by atoms with Crippen LogP contribution in [-0.2, 0) is 21.2 Å². The number of sulfonamides is 1. The molecule has 0 radical (unpaired) electrons. The number of hydrogen-bond donors (Lipinski definition) is 1. The van der Waals surface area contributed by atoms with E-state index < -0.39 is 10.0 Å². The number of rotatable bonds is 6. The molecule has 1 atom stereocenters. The average Bonchev–Trinajstić information content (AvgIpc) is 2.67. The lowest BCUT2D eigenvalue weighted by Gasteiger charge is -2.29. The second-order valence-electron chi connectivity index (χ2n) is 6.94. The molecule has 0 aliphatic carbocycles. The first-order valence-electron chi connectivity index (χ1n) is 9.40. The van der Waals surface area contributed by atoms with E-state index in [0.717, 1.165) is 42.5 Å². The molecule has 1 heterocycles. The first kappa shape index (κ1) is 19.6. The predicted octanol–water partition coefficient (Wildman–Crippen LogP) is 3.81. The van der Waals surface area contributed by atoms with Gasteiger partial charge in [-0.15, -0.1) is 0 Å². The van der Waals surface area contributed by atoms with Crippen molar-refractivity contribution in [3.05, 3.63) is 59.7 Å².